The number of aryl methyl sites for hydroxylation is 1. The zero-order chi connectivity index (χ0) is 17.3. The van der Waals surface area contributed by atoms with E-state index in [1.54, 1.807) is 25.1 Å². The number of aromatic nitrogens is 1. The van der Waals surface area contributed by atoms with E-state index in [-0.39, 0.29) is 28.7 Å². The van der Waals surface area contributed by atoms with Crippen LogP contribution in [-0.2, 0) is 16.5 Å². The van der Waals surface area contributed by atoms with Crippen LogP contribution in [-0.4, -0.2) is 53.9 Å². The molecule has 2 fully saturated rings. The van der Waals surface area contributed by atoms with Gasteiger partial charge in [0.2, 0.25) is 0 Å². The van der Waals surface area contributed by atoms with Gasteiger partial charge in [0, 0.05) is 39.5 Å². The molecular weight excluding hydrogens is 308 g/mol. The smallest absolute Gasteiger partial charge is 0.263 e. The summed E-state index contributed by atoms with van der Waals surface area (Å²) >= 11 is 0. The van der Waals surface area contributed by atoms with Gasteiger partial charge in [0.05, 0.1) is 11.7 Å². The highest BCUT2D eigenvalue weighted by molar-refractivity contribution is 5.94. The van der Waals surface area contributed by atoms with Crippen LogP contribution >= 0.6 is 0 Å². The molecule has 0 saturated carbocycles. The Morgan fingerprint density at radius 2 is 2.04 bits per heavy atom. The average molecular weight is 334 g/mol. The van der Waals surface area contributed by atoms with Crippen LogP contribution in [0.1, 0.15) is 41.7 Å². The van der Waals surface area contributed by atoms with Crippen molar-refractivity contribution in [3.63, 3.8) is 0 Å². The van der Waals surface area contributed by atoms with E-state index in [1.165, 1.54) is 4.57 Å². The number of carbonyl (C=O) groups excluding carboxylic acids is 1. The Kier molecular flexibility index (Phi) is 4.78. The van der Waals surface area contributed by atoms with Crippen LogP contribution in [0.15, 0.2) is 16.9 Å². The van der Waals surface area contributed by atoms with Gasteiger partial charge in [-0.15, -0.1) is 0 Å². The fraction of sp³-hybridized carbons (Fsp3) is 0.667. The summed E-state index contributed by atoms with van der Waals surface area (Å²) in [6.07, 6.45) is 3.62. The molecule has 1 aromatic heterocycles. The van der Waals surface area contributed by atoms with Gasteiger partial charge in [-0.3, -0.25) is 9.59 Å². The molecule has 0 N–H and O–H groups in total. The summed E-state index contributed by atoms with van der Waals surface area (Å²) in [5.74, 6) is -0.185. The zero-order valence-electron chi connectivity index (χ0n) is 14.7. The van der Waals surface area contributed by atoms with Gasteiger partial charge < -0.3 is 18.9 Å². The average Bonchev–Trinajstić information content (AvgIpc) is 2.60. The van der Waals surface area contributed by atoms with Gasteiger partial charge in [-0.25, -0.2) is 0 Å². The summed E-state index contributed by atoms with van der Waals surface area (Å²) in [7, 11) is 3.42. The molecule has 3 heterocycles. The van der Waals surface area contributed by atoms with Gasteiger partial charge in [0.1, 0.15) is 5.56 Å². The highest BCUT2D eigenvalue weighted by Crippen LogP contribution is 2.36. The highest BCUT2D eigenvalue weighted by atomic mass is 16.5. The molecule has 1 amide bonds. The summed E-state index contributed by atoms with van der Waals surface area (Å²) in [5.41, 5.74) is 0.575. The predicted octanol–water partition coefficient (Wildman–Crippen LogP) is 1.49. The lowest BCUT2D eigenvalue weighted by molar-refractivity contribution is -0.183. The van der Waals surface area contributed by atoms with Crippen molar-refractivity contribution in [1.29, 1.82) is 0 Å². The molecule has 3 rings (SSSR count). The molecule has 6 heteroatoms. The van der Waals surface area contributed by atoms with Crippen LogP contribution in [0.5, 0.6) is 0 Å². The van der Waals surface area contributed by atoms with Crippen molar-refractivity contribution >= 4 is 5.91 Å². The van der Waals surface area contributed by atoms with Crippen LogP contribution in [0, 0.1) is 6.92 Å². The maximum absolute atomic E-state index is 12.7. The minimum atomic E-state index is -0.276. The van der Waals surface area contributed by atoms with E-state index in [0.717, 1.165) is 38.0 Å². The summed E-state index contributed by atoms with van der Waals surface area (Å²) < 4.78 is 13.2. The predicted molar refractivity (Wildman–Crippen MR) is 90.3 cm³/mol. The highest BCUT2D eigenvalue weighted by Gasteiger charge is 2.45. The first-order chi connectivity index (χ1) is 11.5. The third-order valence-electron chi connectivity index (χ3n) is 5.55. The number of rotatable bonds is 2. The molecular formula is C18H26N2O4. The molecule has 2 aliphatic rings. The van der Waals surface area contributed by atoms with Crippen molar-refractivity contribution in [2.24, 2.45) is 7.05 Å². The maximum Gasteiger partial charge on any atom is 0.263 e. The molecule has 132 valence electrons. The van der Waals surface area contributed by atoms with E-state index in [0.29, 0.717) is 13.1 Å². The number of ether oxygens (including phenoxy) is 2. The Morgan fingerprint density at radius 3 is 2.71 bits per heavy atom. The minimum Gasteiger partial charge on any atom is -0.378 e. The molecule has 0 bridgehead atoms. The van der Waals surface area contributed by atoms with Crippen molar-refractivity contribution in [1.82, 2.24) is 9.47 Å². The standard InChI is InChI=1S/C18H26N2O4/c1-13-6-7-14(16(21)19(13)2)17(22)20-10-8-18(9-11-20)15(23-3)5-4-12-24-18/h6-7,15H,4-5,8-12H2,1-3H3/t15-/m0/s1. The van der Waals surface area contributed by atoms with Gasteiger partial charge in [-0.2, -0.15) is 0 Å². The number of piperidine rings is 1. The third kappa shape index (κ3) is 2.89. The molecule has 0 aliphatic carbocycles. The van der Waals surface area contributed by atoms with E-state index >= 15 is 0 Å². The topological polar surface area (TPSA) is 60.8 Å². The molecule has 1 aromatic rings. The number of likely N-dealkylation sites (tertiary alicyclic amines) is 1. The molecule has 2 aliphatic heterocycles. The van der Waals surface area contributed by atoms with E-state index in [9.17, 15) is 9.59 Å². The Hall–Kier alpha value is -1.66. The SMILES string of the molecule is CO[C@H]1CCCOC12CCN(C(=O)c1ccc(C)n(C)c1=O)CC2. The van der Waals surface area contributed by atoms with Gasteiger partial charge in [-0.1, -0.05) is 0 Å². The summed E-state index contributed by atoms with van der Waals surface area (Å²) in [6, 6.07) is 3.45. The van der Waals surface area contributed by atoms with Crippen LogP contribution in [0.4, 0.5) is 0 Å². The molecule has 1 atom stereocenters. The fourth-order valence-electron chi connectivity index (χ4n) is 3.85. The van der Waals surface area contributed by atoms with E-state index in [4.69, 9.17) is 9.47 Å². The first-order valence-electron chi connectivity index (χ1n) is 8.61. The number of pyridine rings is 1. The quantitative estimate of drug-likeness (QED) is 0.822. The number of hydrogen-bond donors (Lipinski definition) is 0. The zero-order valence-corrected chi connectivity index (χ0v) is 14.7. The third-order valence-corrected chi connectivity index (χ3v) is 5.55. The van der Waals surface area contributed by atoms with Crippen molar-refractivity contribution in [2.45, 2.75) is 44.3 Å². The first kappa shape index (κ1) is 17.2. The summed E-state index contributed by atoms with van der Waals surface area (Å²) in [5, 5.41) is 0. The lowest BCUT2D eigenvalue weighted by Crippen LogP contribution is -2.57. The Balaban J connectivity index is 1.74. The Morgan fingerprint density at radius 1 is 1.33 bits per heavy atom. The number of hydrogen-bond acceptors (Lipinski definition) is 4. The number of methoxy groups -OCH3 is 1. The van der Waals surface area contributed by atoms with E-state index in [1.807, 2.05) is 13.0 Å². The Bertz CT molecular complexity index is 674. The second-order valence-corrected chi connectivity index (χ2v) is 6.82. The van der Waals surface area contributed by atoms with Gasteiger partial charge in [0.25, 0.3) is 11.5 Å². The minimum absolute atomic E-state index is 0.0933. The first-order valence-corrected chi connectivity index (χ1v) is 8.61. The number of amides is 1. The van der Waals surface area contributed by atoms with Gasteiger partial charge in [0.15, 0.2) is 0 Å². The molecule has 1 spiro atoms. The lowest BCUT2D eigenvalue weighted by atomic mass is 9.81. The van der Waals surface area contributed by atoms with Crippen LogP contribution < -0.4 is 5.56 Å². The van der Waals surface area contributed by atoms with Crippen LogP contribution in [0.3, 0.4) is 0 Å². The van der Waals surface area contributed by atoms with Crippen LogP contribution in [0.2, 0.25) is 0 Å². The fourth-order valence-corrected chi connectivity index (χ4v) is 3.85. The lowest BCUT2D eigenvalue weighted by Gasteiger charge is -2.48. The molecule has 0 aromatic carbocycles. The maximum atomic E-state index is 12.7. The molecule has 0 unspecified atom stereocenters. The molecule has 0 radical (unpaired) electrons. The monoisotopic (exact) mass is 334 g/mol. The van der Waals surface area contributed by atoms with Crippen molar-refractivity contribution in [2.75, 3.05) is 26.8 Å². The molecule has 6 nitrogen and oxygen atoms in total. The largest absolute Gasteiger partial charge is 0.378 e. The molecule has 24 heavy (non-hydrogen) atoms. The van der Waals surface area contributed by atoms with Crippen LogP contribution in [0.25, 0.3) is 0 Å². The second-order valence-electron chi connectivity index (χ2n) is 6.82. The Labute approximate surface area is 142 Å². The number of nitrogens with zero attached hydrogens (tertiary/aromatic N) is 2. The van der Waals surface area contributed by atoms with Gasteiger partial charge >= 0.3 is 0 Å². The van der Waals surface area contributed by atoms with Crippen molar-refractivity contribution < 1.29 is 14.3 Å². The van der Waals surface area contributed by atoms with E-state index < -0.39 is 0 Å². The van der Waals surface area contributed by atoms with Crippen molar-refractivity contribution in [3.05, 3.63) is 33.7 Å². The number of carbonyl (C=O) groups is 1. The molecule has 2 saturated heterocycles. The normalized spacial score (nSPS) is 23.5. The summed E-state index contributed by atoms with van der Waals surface area (Å²) in [6.45, 7) is 3.80. The van der Waals surface area contributed by atoms with E-state index in [2.05, 4.69) is 0 Å². The second kappa shape index (κ2) is 6.69. The summed E-state index contributed by atoms with van der Waals surface area (Å²) in [4.78, 5) is 26.9. The van der Waals surface area contributed by atoms with Crippen molar-refractivity contribution in [3.8, 4) is 0 Å². The van der Waals surface area contributed by atoms with Gasteiger partial charge in [-0.05, 0) is 44.7 Å².